The largest absolute Gasteiger partial charge is 0.463 e. The predicted molar refractivity (Wildman–Crippen MR) is 90.7 cm³/mol. The monoisotopic (exact) mass is 370 g/mol. The van der Waals surface area contributed by atoms with E-state index in [0.29, 0.717) is 34.8 Å². The topological polar surface area (TPSA) is 97.3 Å². The molecule has 1 aliphatic carbocycles. The van der Waals surface area contributed by atoms with Gasteiger partial charge in [0.25, 0.3) is 0 Å². The number of amides is 1. The molecule has 0 radical (unpaired) electrons. The van der Waals surface area contributed by atoms with E-state index in [1.807, 2.05) is 0 Å². The number of hydrogen-bond acceptors (Lipinski definition) is 7. The zero-order valence-electron chi connectivity index (χ0n) is 13.2. The average Bonchev–Trinajstić information content (AvgIpc) is 3.23. The molecule has 1 aliphatic heterocycles. The van der Waals surface area contributed by atoms with E-state index in [4.69, 9.17) is 4.74 Å². The number of rotatable bonds is 7. The molecule has 2 heterocycles. The quantitative estimate of drug-likeness (QED) is 0.434. The SMILES string of the molecule is CCOC(=O)C=C1SCC(=O)N1CCSc1n[nH]c(=O)n1C1CC1. The maximum atomic E-state index is 12.0. The third-order valence-corrected chi connectivity index (χ3v) is 5.53. The summed E-state index contributed by atoms with van der Waals surface area (Å²) in [6.45, 7) is 2.49. The summed E-state index contributed by atoms with van der Waals surface area (Å²) in [6, 6.07) is 0.252. The average molecular weight is 370 g/mol. The second-order valence-corrected chi connectivity index (χ2v) is 7.39. The van der Waals surface area contributed by atoms with Crippen LogP contribution in [0.2, 0.25) is 0 Å². The second kappa shape index (κ2) is 7.47. The van der Waals surface area contributed by atoms with Gasteiger partial charge in [-0.25, -0.2) is 14.7 Å². The summed E-state index contributed by atoms with van der Waals surface area (Å²) in [5, 5.41) is 7.78. The van der Waals surface area contributed by atoms with Crippen molar-refractivity contribution in [1.82, 2.24) is 19.7 Å². The van der Waals surface area contributed by atoms with Crippen LogP contribution in [-0.2, 0) is 14.3 Å². The van der Waals surface area contributed by atoms with Gasteiger partial charge < -0.3 is 9.64 Å². The molecular formula is C14H18N4O4S2. The van der Waals surface area contributed by atoms with Gasteiger partial charge in [-0.2, -0.15) is 0 Å². The number of ether oxygens (including phenoxy) is 1. The van der Waals surface area contributed by atoms with E-state index in [1.54, 1.807) is 16.4 Å². The zero-order chi connectivity index (χ0) is 17.1. The summed E-state index contributed by atoms with van der Waals surface area (Å²) >= 11 is 2.76. The van der Waals surface area contributed by atoms with Gasteiger partial charge in [-0.1, -0.05) is 23.5 Å². The first kappa shape index (κ1) is 17.2. The standard InChI is InChI=1S/C14H18N4O4S2/c1-2-22-12(20)7-11-17(10(19)8-24-11)5-6-23-14-16-15-13(21)18(14)9-3-4-9/h7,9H,2-6,8H2,1H3,(H,15,21). The van der Waals surface area contributed by atoms with E-state index in [0.717, 1.165) is 12.8 Å². The Hall–Kier alpha value is -1.68. The lowest BCUT2D eigenvalue weighted by Crippen LogP contribution is -2.27. The van der Waals surface area contributed by atoms with Crippen molar-refractivity contribution in [3.05, 3.63) is 21.6 Å². The van der Waals surface area contributed by atoms with Crippen LogP contribution in [0.25, 0.3) is 0 Å². The summed E-state index contributed by atoms with van der Waals surface area (Å²) in [6.07, 6.45) is 3.36. The minimum absolute atomic E-state index is 0.0299. The molecule has 2 fully saturated rings. The number of nitrogens with one attached hydrogen (secondary N) is 1. The summed E-state index contributed by atoms with van der Waals surface area (Å²) in [5.41, 5.74) is -0.185. The lowest BCUT2D eigenvalue weighted by atomic mass is 10.5. The van der Waals surface area contributed by atoms with Crippen LogP contribution >= 0.6 is 23.5 Å². The molecule has 1 saturated heterocycles. The molecule has 0 bridgehead atoms. The molecule has 0 atom stereocenters. The van der Waals surface area contributed by atoms with Gasteiger partial charge in [-0.3, -0.25) is 9.36 Å². The van der Waals surface area contributed by atoms with Crippen LogP contribution in [0.1, 0.15) is 25.8 Å². The first-order valence-corrected chi connectivity index (χ1v) is 9.68. The molecule has 1 saturated carbocycles. The number of hydrogen-bond donors (Lipinski definition) is 1. The fraction of sp³-hybridized carbons (Fsp3) is 0.571. The number of aromatic amines is 1. The highest BCUT2D eigenvalue weighted by Gasteiger charge is 2.30. The van der Waals surface area contributed by atoms with Crippen molar-refractivity contribution in [1.29, 1.82) is 0 Å². The molecule has 2 aliphatic rings. The minimum atomic E-state index is -0.442. The minimum Gasteiger partial charge on any atom is -0.463 e. The molecular weight excluding hydrogens is 352 g/mol. The number of carbonyl (C=O) groups excluding carboxylic acids is 2. The van der Waals surface area contributed by atoms with E-state index in [-0.39, 0.29) is 17.6 Å². The molecule has 24 heavy (non-hydrogen) atoms. The van der Waals surface area contributed by atoms with Crippen LogP contribution in [0.15, 0.2) is 21.1 Å². The summed E-state index contributed by atoms with van der Waals surface area (Å²) in [7, 11) is 0. The third kappa shape index (κ3) is 3.86. The van der Waals surface area contributed by atoms with Crippen LogP contribution < -0.4 is 5.69 Å². The van der Waals surface area contributed by atoms with Crippen molar-refractivity contribution in [2.24, 2.45) is 0 Å². The summed E-state index contributed by atoms with van der Waals surface area (Å²) < 4.78 is 6.57. The van der Waals surface area contributed by atoms with Crippen molar-refractivity contribution in [3.8, 4) is 0 Å². The maximum Gasteiger partial charge on any atom is 0.344 e. The van der Waals surface area contributed by atoms with Crippen LogP contribution in [0, 0.1) is 0 Å². The first-order valence-electron chi connectivity index (χ1n) is 7.71. The number of thioether (sulfide) groups is 2. The Morgan fingerprint density at radius 2 is 2.29 bits per heavy atom. The first-order chi connectivity index (χ1) is 11.6. The molecule has 8 nitrogen and oxygen atoms in total. The van der Waals surface area contributed by atoms with E-state index >= 15 is 0 Å². The summed E-state index contributed by atoms with van der Waals surface area (Å²) in [4.78, 5) is 36.9. The lowest BCUT2D eigenvalue weighted by Gasteiger charge is -2.16. The molecule has 1 aromatic rings. The van der Waals surface area contributed by atoms with Gasteiger partial charge in [0.15, 0.2) is 5.16 Å². The number of nitrogens with zero attached hydrogens (tertiary/aromatic N) is 3. The van der Waals surface area contributed by atoms with Crippen LogP contribution in [0.3, 0.4) is 0 Å². The number of H-pyrrole nitrogens is 1. The number of aromatic nitrogens is 3. The maximum absolute atomic E-state index is 12.0. The van der Waals surface area contributed by atoms with Gasteiger partial charge in [0, 0.05) is 18.3 Å². The number of esters is 1. The Labute approximate surface area is 147 Å². The molecule has 0 spiro atoms. The molecule has 10 heteroatoms. The Morgan fingerprint density at radius 3 is 3.00 bits per heavy atom. The third-order valence-electron chi connectivity index (χ3n) is 3.57. The zero-order valence-corrected chi connectivity index (χ0v) is 14.8. The molecule has 0 unspecified atom stereocenters. The van der Waals surface area contributed by atoms with Crippen LogP contribution in [0.5, 0.6) is 0 Å². The fourth-order valence-corrected chi connectivity index (χ4v) is 4.22. The van der Waals surface area contributed by atoms with Crippen LogP contribution in [0.4, 0.5) is 0 Å². The molecule has 1 N–H and O–H groups in total. The molecule has 1 aromatic heterocycles. The van der Waals surface area contributed by atoms with Crippen LogP contribution in [-0.4, -0.2) is 56.2 Å². The van der Waals surface area contributed by atoms with Gasteiger partial charge in [0.2, 0.25) is 5.91 Å². The van der Waals surface area contributed by atoms with Crippen molar-refractivity contribution < 1.29 is 14.3 Å². The van der Waals surface area contributed by atoms with Crippen molar-refractivity contribution >= 4 is 35.4 Å². The molecule has 3 rings (SSSR count). The van der Waals surface area contributed by atoms with Gasteiger partial charge in [0.1, 0.15) is 0 Å². The normalized spacial score (nSPS) is 19.3. The lowest BCUT2D eigenvalue weighted by molar-refractivity contribution is -0.137. The highest BCUT2D eigenvalue weighted by atomic mass is 32.2. The second-order valence-electron chi connectivity index (χ2n) is 5.33. The van der Waals surface area contributed by atoms with E-state index in [9.17, 15) is 14.4 Å². The van der Waals surface area contributed by atoms with Crippen molar-refractivity contribution in [3.63, 3.8) is 0 Å². The highest BCUT2D eigenvalue weighted by molar-refractivity contribution is 8.04. The Bertz CT molecular complexity index is 723. The van der Waals surface area contributed by atoms with E-state index < -0.39 is 5.97 Å². The van der Waals surface area contributed by atoms with Gasteiger partial charge >= 0.3 is 11.7 Å². The molecule has 1 amide bonds. The summed E-state index contributed by atoms with van der Waals surface area (Å²) in [5.74, 6) is 0.439. The predicted octanol–water partition coefficient (Wildman–Crippen LogP) is 0.978. The smallest absolute Gasteiger partial charge is 0.344 e. The van der Waals surface area contributed by atoms with E-state index in [2.05, 4.69) is 10.2 Å². The Morgan fingerprint density at radius 1 is 1.50 bits per heavy atom. The number of carbonyl (C=O) groups is 2. The Balaban J connectivity index is 1.59. The van der Waals surface area contributed by atoms with Gasteiger partial charge in [-0.05, 0) is 19.8 Å². The van der Waals surface area contributed by atoms with Crippen molar-refractivity contribution in [2.75, 3.05) is 24.7 Å². The fourth-order valence-electron chi connectivity index (χ4n) is 2.33. The molecule has 0 aromatic carbocycles. The van der Waals surface area contributed by atoms with Crippen molar-refractivity contribution in [2.45, 2.75) is 31.0 Å². The van der Waals surface area contributed by atoms with Gasteiger partial charge in [0.05, 0.1) is 23.5 Å². The molecule has 130 valence electrons. The van der Waals surface area contributed by atoms with E-state index in [1.165, 1.54) is 29.6 Å². The van der Waals surface area contributed by atoms with Gasteiger partial charge in [-0.15, -0.1) is 5.10 Å². The Kier molecular flexibility index (Phi) is 5.34. The highest BCUT2D eigenvalue weighted by Crippen LogP contribution is 2.36.